The van der Waals surface area contributed by atoms with Gasteiger partial charge in [-0.3, -0.25) is 0 Å². The number of ether oxygens (including phenoxy) is 4. The van der Waals surface area contributed by atoms with Crippen molar-refractivity contribution in [1.29, 1.82) is 0 Å². The molecule has 2 unspecified atom stereocenters. The number of anilines is 2. The molecule has 0 radical (unpaired) electrons. The predicted molar refractivity (Wildman–Crippen MR) is 151 cm³/mol. The van der Waals surface area contributed by atoms with Crippen molar-refractivity contribution in [2.45, 2.75) is 84.3 Å². The maximum atomic E-state index is 10.1. The van der Waals surface area contributed by atoms with E-state index in [1.54, 1.807) is 0 Å². The van der Waals surface area contributed by atoms with Gasteiger partial charge in [0.1, 0.15) is 12.2 Å². The molecule has 4 N–H and O–H groups in total. The van der Waals surface area contributed by atoms with Crippen LogP contribution < -0.4 is 10.6 Å². The largest absolute Gasteiger partial charge is 0.399 e. The van der Waals surface area contributed by atoms with Gasteiger partial charge in [-0.1, -0.05) is 52.4 Å². The molecule has 0 aliphatic heterocycles. The van der Waals surface area contributed by atoms with Gasteiger partial charge in [-0.05, 0) is 43.5 Å². The summed E-state index contributed by atoms with van der Waals surface area (Å²) in [5.41, 5.74) is 8.80. The summed E-state index contributed by atoms with van der Waals surface area (Å²) in [7, 11) is 0. The lowest BCUT2D eigenvalue weighted by Gasteiger charge is -2.26. The summed E-state index contributed by atoms with van der Waals surface area (Å²) in [5.74, 6) is 0. The Hall–Kier alpha value is -1.42. The van der Waals surface area contributed by atoms with Gasteiger partial charge in [0, 0.05) is 37.7 Å². The summed E-state index contributed by atoms with van der Waals surface area (Å²) >= 11 is 0. The lowest BCUT2D eigenvalue weighted by Crippen LogP contribution is -2.33. The Balaban J connectivity index is 2.33. The van der Waals surface area contributed by atoms with Crippen molar-refractivity contribution in [3.63, 3.8) is 0 Å². The van der Waals surface area contributed by atoms with E-state index in [-0.39, 0.29) is 13.2 Å². The molecule has 0 aliphatic carbocycles. The molecule has 0 saturated carbocycles. The van der Waals surface area contributed by atoms with E-state index in [2.05, 4.69) is 24.8 Å². The summed E-state index contributed by atoms with van der Waals surface area (Å²) in [6.07, 6.45) is 7.98. The van der Waals surface area contributed by atoms with E-state index in [1.165, 1.54) is 38.5 Å². The van der Waals surface area contributed by atoms with E-state index >= 15 is 0 Å². The van der Waals surface area contributed by atoms with Gasteiger partial charge in [0.15, 0.2) is 0 Å². The van der Waals surface area contributed by atoms with Gasteiger partial charge in [0.2, 0.25) is 0 Å². The van der Waals surface area contributed by atoms with Crippen molar-refractivity contribution < 1.29 is 29.2 Å². The minimum Gasteiger partial charge on any atom is -0.399 e. The van der Waals surface area contributed by atoms with Crippen molar-refractivity contribution in [3.05, 3.63) is 23.8 Å². The van der Waals surface area contributed by atoms with Crippen LogP contribution in [0.5, 0.6) is 0 Å². The van der Waals surface area contributed by atoms with Crippen LogP contribution in [0.4, 0.5) is 11.4 Å². The average molecular weight is 527 g/mol. The highest BCUT2D eigenvalue weighted by Gasteiger charge is 2.11. The zero-order valence-corrected chi connectivity index (χ0v) is 23.7. The fourth-order valence-electron chi connectivity index (χ4n) is 3.81. The second-order valence-corrected chi connectivity index (χ2v) is 9.76. The average Bonchev–Trinajstić information content (AvgIpc) is 2.88. The molecule has 37 heavy (non-hydrogen) atoms. The maximum Gasteiger partial charge on any atom is 0.101 e. The molecular formula is C29H54N2O6. The van der Waals surface area contributed by atoms with Crippen LogP contribution in [0.25, 0.3) is 0 Å². The van der Waals surface area contributed by atoms with E-state index in [1.807, 2.05) is 19.1 Å². The van der Waals surface area contributed by atoms with E-state index in [4.69, 9.17) is 24.7 Å². The number of nitrogen functional groups attached to an aromatic ring is 1. The summed E-state index contributed by atoms with van der Waals surface area (Å²) in [5, 5.41) is 20.2. The number of rotatable bonds is 25. The monoisotopic (exact) mass is 526 g/mol. The SMILES string of the molecule is CCCCCCOCC(O)COCCN(CCOCC(O)COCCCCCC)c1ccc(N)c(C)c1. The minimum absolute atomic E-state index is 0.241. The molecule has 0 saturated heterocycles. The second-order valence-electron chi connectivity index (χ2n) is 9.76. The third kappa shape index (κ3) is 17.7. The third-order valence-electron chi connectivity index (χ3n) is 6.16. The van der Waals surface area contributed by atoms with Gasteiger partial charge < -0.3 is 39.8 Å². The molecule has 0 fully saturated rings. The van der Waals surface area contributed by atoms with Gasteiger partial charge in [-0.25, -0.2) is 0 Å². The number of hydrogen-bond acceptors (Lipinski definition) is 8. The van der Waals surface area contributed by atoms with E-state index in [0.29, 0.717) is 52.7 Å². The first kappa shape index (κ1) is 33.6. The summed E-state index contributed by atoms with van der Waals surface area (Å²) < 4.78 is 22.5. The normalized spacial score (nSPS) is 13.1. The van der Waals surface area contributed by atoms with Crippen molar-refractivity contribution in [2.75, 3.05) is 76.6 Å². The standard InChI is InChI=1S/C29H54N2O6/c1-4-6-8-10-16-34-21-27(32)23-36-18-14-31(26-12-13-29(30)25(3)20-26)15-19-37-24-28(33)22-35-17-11-9-7-5-2/h12-13,20,27-28,32-33H,4-11,14-19,21-24,30H2,1-3H3. The number of nitrogens with zero attached hydrogens (tertiary/aromatic N) is 1. The molecular weight excluding hydrogens is 472 g/mol. The molecule has 0 amide bonds. The Morgan fingerprint density at radius 1 is 0.703 bits per heavy atom. The number of nitrogens with two attached hydrogens (primary N) is 1. The first-order valence-electron chi connectivity index (χ1n) is 14.3. The Kier molecular flexibility index (Phi) is 20.5. The van der Waals surface area contributed by atoms with Crippen LogP contribution in [0.15, 0.2) is 18.2 Å². The quantitative estimate of drug-likeness (QED) is 0.128. The number of unbranched alkanes of at least 4 members (excludes halogenated alkanes) is 6. The number of aliphatic hydroxyl groups is 2. The highest BCUT2D eigenvalue weighted by molar-refractivity contribution is 5.58. The molecule has 1 rings (SSSR count). The Bertz CT molecular complexity index is 633. The highest BCUT2D eigenvalue weighted by atomic mass is 16.5. The van der Waals surface area contributed by atoms with E-state index < -0.39 is 12.2 Å². The molecule has 8 heteroatoms. The molecule has 1 aromatic carbocycles. The van der Waals surface area contributed by atoms with E-state index in [9.17, 15) is 10.2 Å². The Morgan fingerprint density at radius 3 is 1.59 bits per heavy atom. The van der Waals surface area contributed by atoms with Crippen LogP contribution in [0.2, 0.25) is 0 Å². The molecule has 0 aliphatic rings. The Labute approximate surface area is 225 Å². The van der Waals surface area contributed by atoms with Crippen molar-refractivity contribution in [1.82, 2.24) is 0 Å². The third-order valence-corrected chi connectivity index (χ3v) is 6.16. The van der Waals surface area contributed by atoms with Gasteiger partial charge in [-0.15, -0.1) is 0 Å². The molecule has 0 heterocycles. The highest BCUT2D eigenvalue weighted by Crippen LogP contribution is 2.20. The first-order valence-corrected chi connectivity index (χ1v) is 14.3. The van der Waals surface area contributed by atoms with Crippen LogP contribution in [-0.2, 0) is 18.9 Å². The zero-order valence-electron chi connectivity index (χ0n) is 23.7. The van der Waals surface area contributed by atoms with E-state index in [0.717, 1.165) is 29.8 Å². The summed E-state index contributed by atoms with van der Waals surface area (Å²) in [6, 6.07) is 5.95. The fourth-order valence-corrected chi connectivity index (χ4v) is 3.81. The molecule has 2 atom stereocenters. The molecule has 0 bridgehead atoms. The number of hydrogen-bond donors (Lipinski definition) is 3. The van der Waals surface area contributed by atoms with Gasteiger partial charge in [0.05, 0.1) is 39.6 Å². The molecule has 8 nitrogen and oxygen atoms in total. The maximum absolute atomic E-state index is 10.1. The summed E-state index contributed by atoms with van der Waals surface area (Å²) in [6.45, 7) is 11.0. The molecule has 1 aromatic rings. The van der Waals surface area contributed by atoms with Crippen molar-refractivity contribution in [3.8, 4) is 0 Å². The van der Waals surface area contributed by atoms with Gasteiger partial charge in [-0.2, -0.15) is 0 Å². The van der Waals surface area contributed by atoms with Crippen LogP contribution in [0.3, 0.4) is 0 Å². The number of aryl methyl sites for hydroxylation is 1. The van der Waals surface area contributed by atoms with Gasteiger partial charge in [0.25, 0.3) is 0 Å². The van der Waals surface area contributed by atoms with Crippen molar-refractivity contribution >= 4 is 11.4 Å². The lowest BCUT2D eigenvalue weighted by atomic mass is 10.1. The van der Waals surface area contributed by atoms with Crippen molar-refractivity contribution in [2.24, 2.45) is 0 Å². The van der Waals surface area contributed by atoms with Crippen LogP contribution >= 0.6 is 0 Å². The lowest BCUT2D eigenvalue weighted by molar-refractivity contribution is -0.0204. The van der Waals surface area contributed by atoms with Crippen LogP contribution in [0.1, 0.15) is 70.8 Å². The summed E-state index contributed by atoms with van der Waals surface area (Å²) in [4.78, 5) is 2.17. The minimum atomic E-state index is -0.628. The molecule has 0 spiro atoms. The molecule has 0 aromatic heterocycles. The smallest absolute Gasteiger partial charge is 0.101 e. The van der Waals surface area contributed by atoms with Gasteiger partial charge >= 0.3 is 0 Å². The molecule has 216 valence electrons. The number of aliphatic hydroxyl groups excluding tert-OH is 2. The zero-order chi connectivity index (χ0) is 27.1. The fraction of sp³-hybridized carbons (Fsp3) is 0.793. The second kappa shape index (κ2) is 22.6. The Morgan fingerprint density at radius 2 is 1.16 bits per heavy atom. The number of benzene rings is 1. The van der Waals surface area contributed by atoms with Crippen LogP contribution in [-0.4, -0.2) is 88.4 Å². The predicted octanol–water partition coefficient (Wildman–Crippen LogP) is 4.33. The topological polar surface area (TPSA) is 107 Å². The van der Waals surface area contributed by atoms with Crippen LogP contribution in [0, 0.1) is 6.92 Å². The first-order chi connectivity index (χ1) is 18.0.